The third-order valence-corrected chi connectivity index (χ3v) is 8.95. The molecule has 0 unspecified atom stereocenters. The van der Waals surface area contributed by atoms with Gasteiger partial charge in [-0.3, -0.25) is 9.59 Å². The first-order valence-corrected chi connectivity index (χ1v) is 15.6. The highest BCUT2D eigenvalue weighted by molar-refractivity contribution is 7.89. The van der Waals surface area contributed by atoms with Crippen LogP contribution in [0.15, 0.2) is 24.3 Å². The molecule has 1 aromatic rings. The molecule has 0 aromatic heterocycles. The second kappa shape index (κ2) is 15.8. The lowest BCUT2D eigenvalue weighted by molar-refractivity contribution is -0.142. The Kier molecular flexibility index (Phi) is 13.2. The van der Waals surface area contributed by atoms with E-state index >= 15 is 0 Å². The number of ether oxygens (including phenoxy) is 1. The summed E-state index contributed by atoms with van der Waals surface area (Å²) >= 11 is 0. The van der Waals surface area contributed by atoms with Crippen molar-refractivity contribution in [1.29, 1.82) is 0 Å². The minimum Gasteiger partial charge on any atom is -0.465 e. The average Bonchev–Trinajstić information content (AvgIpc) is 2.89. The van der Waals surface area contributed by atoms with Gasteiger partial charge in [0.15, 0.2) is 0 Å². The minimum absolute atomic E-state index is 0.00939. The van der Waals surface area contributed by atoms with E-state index in [1.54, 1.807) is 16.7 Å². The third-order valence-electron chi connectivity index (χ3n) is 6.93. The summed E-state index contributed by atoms with van der Waals surface area (Å²) in [5.41, 5.74) is 2.06. The van der Waals surface area contributed by atoms with Crippen LogP contribution in [-0.4, -0.2) is 91.6 Å². The van der Waals surface area contributed by atoms with Gasteiger partial charge in [-0.1, -0.05) is 45.0 Å². The molecule has 220 valence electrons. The van der Waals surface area contributed by atoms with Crippen LogP contribution >= 0.6 is 0 Å². The predicted octanol–water partition coefficient (Wildman–Crippen LogP) is 3.15. The van der Waals surface area contributed by atoms with Crippen molar-refractivity contribution in [2.75, 3.05) is 45.1 Å². The number of aryl methyl sites for hydroxylation is 1. The number of likely N-dealkylation sites (tertiary alicyclic amines) is 1. The Balaban J connectivity index is 2.18. The predicted molar refractivity (Wildman–Crippen MR) is 151 cm³/mol. The van der Waals surface area contributed by atoms with Crippen molar-refractivity contribution < 1.29 is 27.5 Å². The summed E-state index contributed by atoms with van der Waals surface area (Å²) in [6.07, 6.45) is 2.27. The summed E-state index contributed by atoms with van der Waals surface area (Å²) in [6.45, 7) is 11.0. The number of nitrogens with zero attached hydrogens (tertiary/aromatic N) is 3. The van der Waals surface area contributed by atoms with Gasteiger partial charge in [0, 0.05) is 32.2 Å². The number of hydrogen-bond acceptors (Lipinski definition) is 6. The number of hydrogen-bond donors (Lipinski definition) is 1. The van der Waals surface area contributed by atoms with Crippen molar-refractivity contribution >= 4 is 27.9 Å². The number of carbonyl (C=O) groups excluding carboxylic acids is 3. The van der Waals surface area contributed by atoms with Gasteiger partial charge in [0.1, 0.15) is 6.54 Å². The molecule has 0 aliphatic carbocycles. The van der Waals surface area contributed by atoms with Crippen molar-refractivity contribution in [2.24, 2.45) is 5.92 Å². The van der Waals surface area contributed by atoms with E-state index in [4.69, 9.17) is 4.74 Å². The van der Waals surface area contributed by atoms with E-state index in [0.29, 0.717) is 57.8 Å². The second-order valence-electron chi connectivity index (χ2n) is 10.5. The molecule has 11 heteroatoms. The molecule has 1 aliphatic rings. The van der Waals surface area contributed by atoms with E-state index in [1.165, 1.54) is 4.31 Å². The van der Waals surface area contributed by atoms with E-state index in [0.717, 1.165) is 11.1 Å². The van der Waals surface area contributed by atoms with Crippen LogP contribution in [0.4, 0.5) is 4.79 Å². The number of amides is 3. The topological polar surface area (TPSA) is 116 Å². The van der Waals surface area contributed by atoms with Crippen LogP contribution in [0.3, 0.4) is 0 Å². The molecule has 1 saturated heterocycles. The van der Waals surface area contributed by atoms with Gasteiger partial charge in [-0.05, 0) is 56.6 Å². The molecule has 2 rings (SSSR count). The SMILES string of the molecule is CCCS(=O)(=O)N(CCC(C)C)CC(=O)N(Cc1ccccc1C)C1CCN(C(=O)NCC(=O)OCC)CC1. The highest BCUT2D eigenvalue weighted by Crippen LogP contribution is 2.22. The fraction of sp³-hybridized carbons (Fsp3) is 0.679. The number of carbonyl (C=O) groups is 3. The number of urea groups is 1. The smallest absolute Gasteiger partial charge is 0.325 e. The maximum absolute atomic E-state index is 13.8. The first-order chi connectivity index (χ1) is 18.5. The van der Waals surface area contributed by atoms with E-state index in [2.05, 4.69) is 5.32 Å². The number of nitrogens with one attached hydrogen (secondary N) is 1. The van der Waals surface area contributed by atoms with Gasteiger partial charge in [0.2, 0.25) is 15.9 Å². The zero-order valence-electron chi connectivity index (χ0n) is 24.1. The molecule has 3 amide bonds. The normalized spacial score (nSPS) is 14.5. The summed E-state index contributed by atoms with van der Waals surface area (Å²) in [7, 11) is -3.56. The summed E-state index contributed by atoms with van der Waals surface area (Å²) in [5, 5.41) is 2.59. The average molecular weight is 567 g/mol. The molecule has 0 atom stereocenters. The Morgan fingerprint density at radius 1 is 1.13 bits per heavy atom. The molecule has 0 spiro atoms. The van der Waals surface area contributed by atoms with Crippen LogP contribution in [0.2, 0.25) is 0 Å². The van der Waals surface area contributed by atoms with Gasteiger partial charge in [-0.2, -0.15) is 4.31 Å². The molecule has 1 aromatic carbocycles. The zero-order valence-corrected chi connectivity index (χ0v) is 25.0. The van der Waals surface area contributed by atoms with Crippen molar-refractivity contribution in [3.8, 4) is 0 Å². The number of piperidine rings is 1. The summed E-state index contributed by atoms with van der Waals surface area (Å²) in [4.78, 5) is 41.4. The lowest BCUT2D eigenvalue weighted by atomic mass is 10.0. The van der Waals surface area contributed by atoms with Gasteiger partial charge >= 0.3 is 12.0 Å². The number of rotatable bonds is 14. The quantitative estimate of drug-likeness (QED) is 0.346. The zero-order chi connectivity index (χ0) is 29.0. The number of esters is 1. The molecule has 1 aliphatic heterocycles. The molecule has 1 fully saturated rings. The summed E-state index contributed by atoms with van der Waals surface area (Å²) in [6, 6.07) is 7.37. The second-order valence-corrected chi connectivity index (χ2v) is 12.6. The molecule has 0 radical (unpaired) electrons. The van der Waals surface area contributed by atoms with Gasteiger partial charge in [-0.15, -0.1) is 0 Å². The van der Waals surface area contributed by atoms with Crippen molar-refractivity contribution in [1.82, 2.24) is 19.4 Å². The van der Waals surface area contributed by atoms with Crippen molar-refractivity contribution in [3.63, 3.8) is 0 Å². The molecule has 39 heavy (non-hydrogen) atoms. The molecule has 1 heterocycles. The molecule has 1 N–H and O–H groups in total. The van der Waals surface area contributed by atoms with Gasteiger partial charge in [0.25, 0.3) is 0 Å². The third kappa shape index (κ3) is 10.4. The highest BCUT2D eigenvalue weighted by Gasteiger charge is 2.33. The van der Waals surface area contributed by atoms with Crippen LogP contribution in [0.1, 0.15) is 64.5 Å². The Hall–Kier alpha value is -2.66. The van der Waals surface area contributed by atoms with E-state index in [9.17, 15) is 22.8 Å². The van der Waals surface area contributed by atoms with Crippen LogP contribution in [-0.2, 0) is 30.9 Å². The first-order valence-electron chi connectivity index (χ1n) is 14.0. The molecule has 10 nitrogen and oxygen atoms in total. The Labute approximate surface area is 234 Å². The molecule has 0 saturated carbocycles. The minimum atomic E-state index is -3.56. The molecular weight excluding hydrogens is 520 g/mol. The molecule has 0 bridgehead atoms. The first kappa shape index (κ1) is 32.6. The monoisotopic (exact) mass is 566 g/mol. The Morgan fingerprint density at radius 2 is 1.79 bits per heavy atom. The lowest BCUT2D eigenvalue weighted by Gasteiger charge is -2.39. The Bertz CT molecular complexity index is 1050. The molecular formula is C28H46N4O6S. The van der Waals surface area contributed by atoms with Gasteiger partial charge < -0.3 is 19.9 Å². The summed E-state index contributed by atoms with van der Waals surface area (Å²) in [5.74, 6) is -0.403. The van der Waals surface area contributed by atoms with Crippen molar-refractivity contribution in [2.45, 2.75) is 72.9 Å². The van der Waals surface area contributed by atoms with Gasteiger partial charge in [-0.25, -0.2) is 13.2 Å². The highest BCUT2D eigenvalue weighted by atomic mass is 32.2. The van der Waals surface area contributed by atoms with Crippen LogP contribution < -0.4 is 5.32 Å². The van der Waals surface area contributed by atoms with Crippen LogP contribution in [0, 0.1) is 12.8 Å². The number of sulfonamides is 1. The summed E-state index contributed by atoms with van der Waals surface area (Å²) < 4.78 is 32.3. The van der Waals surface area contributed by atoms with E-state index in [-0.39, 0.29) is 43.4 Å². The maximum atomic E-state index is 13.8. The fourth-order valence-corrected chi connectivity index (χ4v) is 6.06. The standard InChI is InChI=1S/C28H46N4O6S/c1-6-18-39(36,37)31(17-12-22(3)4)21-26(33)32(20-24-11-9-8-10-23(24)5)25-13-15-30(16-14-25)28(35)29-19-27(34)38-7-2/h8-11,22,25H,6-7,12-21H2,1-5H3,(H,29,35). The lowest BCUT2D eigenvalue weighted by Crippen LogP contribution is -2.53. The number of benzene rings is 1. The van der Waals surface area contributed by atoms with Crippen LogP contribution in [0.25, 0.3) is 0 Å². The van der Waals surface area contributed by atoms with Crippen molar-refractivity contribution in [3.05, 3.63) is 35.4 Å². The fourth-order valence-electron chi connectivity index (χ4n) is 4.59. The van der Waals surface area contributed by atoms with E-state index in [1.807, 2.05) is 52.0 Å². The Morgan fingerprint density at radius 3 is 2.38 bits per heavy atom. The maximum Gasteiger partial charge on any atom is 0.325 e. The van der Waals surface area contributed by atoms with E-state index < -0.39 is 16.0 Å². The van der Waals surface area contributed by atoms with Crippen LogP contribution in [0.5, 0.6) is 0 Å². The van der Waals surface area contributed by atoms with Gasteiger partial charge in [0.05, 0.1) is 18.9 Å². The largest absolute Gasteiger partial charge is 0.465 e.